The van der Waals surface area contributed by atoms with Crippen molar-refractivity contribution in [1.29, 1.82) is 0 Å². The maximum atomic E-state index is 9.99. The number of rotatable bonds is 7. The number of hydrogen-bond acceptors (Lipinski definition) is 3. The van der Waals surface area contributed by atoms with Gasteiger partial charge in [0.1, 0.15) is 5.75 Å². The van der Waals surface area contributed by atoms with Gasteiger partial charge in [-0.15, -0.1) is 0 Å². The van der Waals surface area contributed by atoms with E-state index in [0.29, 0.717) is 6.10 Å². The molecule has 3 heteroatoms. The molecular formula is C16H24O3. The van der Waals surface area contributed by atoms with Gasteiger partial charge in [-0.25, -0.2) is 0 Å². The van der Waals surface area contributed by atoms with Crippen LogP contribution in [0.4, 0.5) is 0 Å². The molecule has 1 heterocycles. The van der Waals surface area contributed by atoms with Crippen LogP contribution in [0, 0.1) is 0 Å². The fourth-order valence-electron chi connectivity index (χ4n) is 2.52. The molecule has 2 rings (SSSR count). The highest BCUT2D eigenvalue weighted by Crippen LogP contribution is 2.19. The van der Waals surface area contributed by atoms with Crippen molar-refractivity contribution in [3.63, 3.8) is 0 Å². The fraction of sp³-hybridized carbons (Fsp3) is 0.625. The Morgan fingerprint density at radius 3 is 2.74 bits per heavy atom. The summed E-state index contributed by atoms with van der Waals surface area (Å²) in [6.07, 6.45) is 6.07. The van der Waals surface area contributed by atoms with Crippen LogP contribution in [0.3, 0.4) is 0 Å². The van der Waals surface area contributed by atoms with Crippen molar-refractivity contribution in [1.82, 2.24) is 0 Å². The maximum absolute atomic E-state index is 9.99. The quantitative estimate of drug-likeness (QED) is 0.823. The molecular weight excluding hydrogens is 240 g/mol. The van der Waals surface area contributed by atoms with E-state index in [1.54, 1.807) is 7.11 Å². The van der Waals surface area contributed by atoms with Gasteiger partial charge in [0.15, 0.2) is 0 Å². The fourth-order valence-corrected chi connectivity index (χ4v) is 2.52. The van der Waals surface area contributed by atoms with Gasteiger partial charge < -0.3 is 14.6 Å². The van der Waals surface area contributed by atoms with Crippen LogP contribution in [0.5, 0.6) is 5.75 Å². The number of benzene rings is 1. The van der Waals surface area contributed by atoms with E-state index in [1.165, 1.54) is 12.0 Å². The van der Waals surface area contributed by atoms with Crippen molar-refractivity contribution >= 4 is 0 Å². The molecule has 1 N–H and O–H groups in total. The lowest BCUT2D eigenvalue weighted by atomic mass is 10.0. The van der Waals surface area contributed by atoms with E-state index in [2.05, 4.69) is 12.1 Å². The van der Waals surface area contributed by atoms with Crippen molar-refractivity contribution in [2.45, 2.75) is 50.7 Å². The summed E-state index contributed by atoms with van der Waals surface area (Å²) in [5, 5.41) is 9.99. The smallest absolute Gasteiger partial charge is 0.118 e. The van der Waals surface area contributed by atoms with E-state index in [0.717, 1.165) is 44.5 Å². The van der Waals surface area contributed by atoms with Crippen molar-refractivity contribution < 1.29 is 14.6 Å². The van der Waals surface area contributed by atoms with E-state index in [4.69, 9.17) is 9.47 Å². The zero-order valence-corrected chi connectivity index (χ0v) is 11.7. The molecule has 0 radical (unpaired) electrons. The van der Waals surface area contributed by atoms with Crippen LogP contribution in [0.25, 0.3) is 0 Å². The lowest BCUT2D eigenvalue weighted by Gasteiger charge is -2.14. The van der Waals surface area contributed by atoms with Crippen LogP contribution in [0.2, 0.25) is 0 Å². The predicted molar refractivity (Wildman–Crippen MR) is 75.5 cm³/mol. The van der Waals surface area contributed by atoms with Crippen LogP contribution in [-0.2, 0) is 11.2 Å². The van der Waals surface area contributed by atoms with Gasteiger partial charge in [-0.1, -0.05) is 12.1 Å². The largest absolute Gasteiger partial charge is 0.497 e. The average Bonchev–Trinajstić information content (AvgIpc) is 2.96. The van der Waals surface area contributed by atoms with Crippen LogP contribution >= 0.6 is 0 Å². The van der Waals surface area contributed by atoms with Gasteiger partial charge in [0.25, 0.3) is 0 Å². The third kappa shape index (κ3) is 4.84. The Kier molecular flexibility index (Phi) is 5.67. The lowest BCUT2D eigenvalue weighted by Crippen LogP contribution is -2.13. The molecule has 1 aliphatic rings. The highest BCUT2D eigenvalue weighted by Gasteiger charge is 2.16. The first-order chi connectivity index (χ1) is 9.28. The summed E-state index contributed by atoms with van der Waals surface area (Å²) >= 11 is 0. The summed E-state index contributed by atoms with van der Waals surface area (Å²) in [6.45, 7) is 0.895. The minimum atomic E-state index is -0.216. The van der Waals surface area contributed by atoms with Crippen molar-refractivity contribution in [2.75, 3.05) is 13.7 Å². The second-order valence-corrected chi connectivity index (χ2v) is 5.25. The maximum Gasteiger partial charge on any atom is 0.118 e. The molecule has 2 atom stereocenters. The Balaban J connectivity index is 1.65. The third-order valence-corrected chi connectivity index (χ3v) is 3.77. The summed E-state index contributed by atoms with van der Waals surface area (Å²) in [4.78, 5) is 0. The first-order valence-corrected chi connectivity index (χ1v) is 7.20. The number of aryl methyl sites for hydroxylation is 1. The van der Waals surface area contributed by atoms with E-state index in [1.807, 2.05) is 12.1 Å². The van der Waals surface area contributed by atoms with E-state index >= 15 is 0 Å². The number of ether oxygens (including phenoxy) is 2. The van der Waals surface area contributed by atoms with Gasteiger partial charge in [0.2, 0.25) is 0 Å². The second kappa shape index (κ2) is 7.51. The molecule has 2 unspecified atom stereocenters. The molecule has 0 amide bonds. The van der Waals surface area contributed by atoms with Gasteiger partial charge in [0, 0.05) is 6.61 Å². The number of methoxy groups -OCH3 is 1. The third-order valence-electron chi connectivity index (χ3n) is 3.77. The SMILES string of the molecule is COc1ccc(CCC(O)CCC2CCCO2)cc1. The van der Waals surface area contributed by atoms with Crippen LogP contribution in [0.1, 0.15) is 37.7 Å². The highest BCUT2D eigenvalue weighted by molar-refractivity contribution is 5.27. The average molecular weight is 264 g/mol. The molecule has 1 saturated heterocycles. The summed E-state index contributed by atoms with van der Waals surface area (Å²) in [5.74, 6) is 0.877. The first-order valence-electron chi connectivity index (χ1n) is 7.20. The van der Waals surface area contributed by atoms with Gasteiger partial charge in [-0.05, 0) is 56.2 Å². The normalized spacial score (nSPS) is 20.4. The molecule has 0 spiro atoms. The van der Waals surface area contributed by atoms with E-state index in [-0.39, 0.29) is 6.10 Å². The van der Waals surface area contributed by atoms with Gasteiger partial charge in [-0.2, -0.15) is 0 Å². The minimum absolute atomic E-state index is 0.216. The number of aliphatic hydroxyl groups excluding tert-OH is 1. The molecule has 106 valence electrons. The Morgan fingerprint density at radius 2 is 2.11 bits per heavy atom. The Morgan fingerprint density at radius 1 is 1.32 bits per heavy atom. The molecule has 0 aromatic heterocycles. The molecule has 3 nitrogen and oxygen atoms in total. The monoisotopic (exact) mass is 264 g/mol. The zero-order chi connectivity index (χ0) is 13.5. The molecule has 0 bridgehead atoms. The van der Waals surface area contributed by atoms with Crippen molar-refractivity contribution in [3.8, 4) is 5.75 Å². The predicted octanol–water partition coefficient (Wildman–Crippen LogP) is 2.95. The van der Waals surface area contributed by atoms with Crippen molar-refractivity contribution in [2.24, 2.45) is 0 Å². The molecule has 1 fully saturated rings. The molecule has 1 aliphatic heterocycles. The van der Waals surface area contributed by atoms with Crippen molar-refractivity contribution in [3.05, 3.63) is 29.8 Å². The Bertz CT molecular complexity index is 355. The van der Waals surface area contributed by atoms with Gasteiger partial charge in [0.05, 0.1) is 19.3 Å². The van der Waals surface area contributed by atoms with Crippen LogP contribution < -0.4 is 4.74 Å². The molecule has 1 aromatic rings. The minimum Gasteiger partial charge on any atom is -0.497 e. The topological polar surface area (TPSA) is 38.7 Å². The summed E-state index contributed by atoms with van der Waals surface area (Å²) in [5.41, 5.74) is 1.25. The van der Waals surface area contributed by atoms with E-state index in [9.17, 15) is 5.11 Å². The summed E-state index contributed by atoms with van der Waals surface area (Å²) < 4.78 is 10.7. The van der Waals surface area contributed by atoms with Gasteiger partial charge >= 0.3 is 0 Å². The molecule has 19 heavy (non-hydrogen) atoms. The number of hydrogen-bond donors (Lipinski definition) is 1. The molecule has 1 aromatic carbocycles. The summed E-state index contributed by atoms with van der Waals surface area (Å²) in [7, 11) is 1.67. The highest BCUT2D eigenvalue weighted by atomic mass is 16.5. The molecule has 0 saturated carbocycles. The van der Waals surface area contributed by atoms with E-state index < -0.39 is 0 Å². The van der Waals surface area contributed by atoms with Gasteiger partial charge in [-0.3, -0.25) is 0 Å². The number of aliphatic hydroxyl groups is 1. The van der Waals surface area contributed by atoms with Crippen LogP contribution in [0.15, 0.2) is 24.3 Å². The lowest BCUT2D eigenvalue weighted by molar-refractivity contribution is 0.0791. The second-order valence-electron chi connectivity index (χ2n) is 5.25. The van der Waals surface area contributed by atoms with Crippen LogP contribution in [-0.4, -0.2) is 31.0 Å². The summed E-state index contributed by atoms with van der Waals surface area (Å²) in [6, 6.07) is 8.05. The zero-order valence-electron chi connectivity index (χ0n) is 11.7. The standard InChI is InChI=1S/C16H24O3/c1-18-15-9-5-13(6-10-15)4-7-14(17)8-11-16-3-2-12-19-16/h5-6,9-10,14,16-17H,2-4,7-8,11-12H2,1H3. The Labute approximate surface area is 115 Å². The Hall–Kier alpha value is -1.06. The first kappa shape index (κ1) is 14.4. The molecule has 0 aliphatic carbocycles.